The molecule has 0 saturated heterocycles. The van der Waals surface area contributed by atoms with Crippen LogP contribution < -0.4 is 0 Å². The Hall–Kier alpha value is -0.900. The summed E-state index contributed by atoms with van der Waals surface area (Å²) in [5, 5.41) is 0. The molecule has 3 nitrogen and oxygen atoms in total. The van der Waals surface area contributed by atoms with Gasteiger partial charge in [0.2, 0.25) is 0 Å². The average Bonchev–Trinajstić information content (AvgIpc) is 2.23. The predicted octanol–water partition coefficient (Wildman–Crippen LogP) is 2.77. The molecule has 0 N–H and O–H groups in total. The SMILES string of the molecule is C.C=S1CCC(=O)C(C)=C1COC(=O)C(C)C. The summed E-state index contributed by atoms with van der Waals surface area (Å²) >= 11 is 0. The molecule has 1 aliphatic rings. The maximum Gasteiger partial charge on any atom is 0.308 e. The van der Waals surface area contributed by atoms with E-state index in [1.165, 1.54) is 0 Å². The first-order valence-corrected chi connectivity index (χ1v) is 6.90. The van der Waals surface area contributed by atoms with Crippen LogP contribution in [0.4, 0.5) is 0 Å². The minimum Gasteiger partial charge on any atom is -0.460 e. The van der Waals surface area contributed by atoms with Crippen LogP contribution in [0, 0.1) is 5.92 Å². The Morgan fingerprint density at radius 3 is 2.65 bits per heavy atom. The number of hydrogen-bond donors (Lipinski definition) is 0. The van der Waals surface area contributed by atoms with Crippen LogP contribution in [-0.2, 0) is 14.3 Å². The fourth-order valence-electron chi connectivity index (χ4n) is 1.39. The van der Waals surface area contributed by atoms with Gasteiger partial charge in [0.1, 0.15) is 6.61 Å². The topological polar surface area (TPSA) is 43.4 Å². The lowest BCUT2D eigenvalue weighted by Gasteiger charge is -2.20. The van der Waals surface area contributed by atoms with Crippen LogP contribution in [0.25, 0.3) is 0 Å². The number of rotatable bonds is 3. The molecule has 0 spiro atoms. The number of Topliss-reactive ketones (excluding diaryl/α,β-unsaturated/α-hetero) is 1. The molecule has 0 bridgehead atoms. The molecule has 0 aromatic rings. The van der Waals surface area contributed by atoms with Crippen molar-refractivity contribution >= 4 is 28.1 Å². The van der Waals surface area contributed by atoms with Crippen LogP contribution in [0.1, 0.15) is 34.6 Å². The maximum absolute atomic E-state index is 11.5. The highest BCUT2D eigenvalue weighted by atomic mass is 32.2. The van der Waals surface area contributed by atoms with E-state index in [2.05, 4.69) is 5.87 Å². The fourth-order valence-corrected chi connectivity index (χ4v) is 2.84. The van der Waals surface area contributed by atoms with Crippen molar-refractivity contribution in [2.75, 3.05) is 12.4 Å². The van der Waals surface area contributed by atoms with Crippen molar-refractivity contribution in [3.63, 3.8) is 0 Å². The van der Waals surface area contributed by atoms with Crippen LogP contribution in [0.3, 0.4) is 0 Å². The molecule has 17 heavy (non-hydrogen) atoms. The minimum absolute atomic E-state index is 0. The monoisotopic (exact) mass is 258 g/mol. The van der Waals surface area contributed by atoms with Gasteiger partial charge < -0.3 is 4.74 Å². The zero-order valence-electron chi connectivity index (χ0n) is 10.0. The molecule has 0 radical (unpaired) electrons. The van der Waals surface area contributed by atoms with Crippen LogP contribution >= 0.6 is 10.5 Å². The summed E-state index contributed by atoms with van der Waals surface area (Å²) < 4.78 is 5.15. The van der Waals surface area contributed by atoms with Crippen molar-refractivity contribution < 1.29 is 14.3 Å². The Morgan fingerprint density at radius 2 is 2.12 bits per heavy atom. The third kappa shape index (κ3) is 4.11. The van der Waals surface area contributed by atoms with Gasteiger partial charge in [0, 0.05) is 16.9 Å². The average molecular weight is 258 g/mol. The number of carbonyl (C=O) groups excluding carboxylic acids is 2. The highest BCUT2D eigenvalue weighted by molar-refractivity contribution is 8.17. The molecule has 1 atom stereocenters. The van der Waals surface area contributed by atoms with E-state index < -0.39 is 0 Å². The molecule has 1 rings (SSSR count). The van der Waals surface area contributed by atoms with Crippen molar-refractivity contribution in [3.05, 3.63) is 10.5 Å². The van der Waals surface area contributed by atoms with Gasteiger partial charge in [-0.15, -0.1) is 0 Å². The smallest absolute Gasteiger partial charge is 0.308 e. The third-order valence-electron chi connectivity index (χ3n) is 2.58. The van der Waals surface area contributed by atoms with Gasteiger partial charge in [-0.05, 0) is 12.7 Å². The van der Waals surface area contributed by atoms with Gasteiger partial charge in [0.25, 0.3) is 0 Å². The summed E-state index contributed by atoms with van der Waals surface area (Å²) in [7, 11) is -0.177. The molecule has 0 aromatic carbocycles. The van der Waals surface area contributed by atoms with Gasteiger partial charge >= 0.3 is 5.97 Å². The van der Waals surface area contributed by atoms with Gasteiger partial charge in [-0.2, -0.15) is 10.5 Å². The predicted molar refractivity (Wildman–Crippen MR) is 74.4 cm³/mol. The molecule has 1 heterocycles. The van der Waals surface area contributed by atoms with E-state index in [-0.39, 0.29) is 42.2 Å². The molecule has 0 fully saturated rings. The summed E-state index contributed by atoms with van der Waals surface area (Å²) in [6, 6.07) is 0. The molecule has 0 saturated carbocycles. The lowest BCUT2D eigenvalue weighted by atomic mass is 10.1. The molecule has 1 aliphatic heterocycles. The van der Waals surface area contributed by atoms with E-state index in [1.807, 2.05) is 0 Å². The zero-order valence-corrected chi connectivity index (χ0v) is 10.9. The zero-order chi connectivity index (χ0) is 12.3. The molecular formula is C13H22O3S. The van der Waals surface area contributed by atoms with Gasteiger partial charge in [-0.25, -0.2) is 0 Å². The first-order valence-electron chi connectivity index (χ1n) is 5.33. The Bertz CT molecular complexity index is 367. The van der Waals surface area contributed by atoms with Gasteiger partial charge in [-0.1, -0.05) is 27.1 Å². The molecule has 0 aromatic heterocycles. The Balaban J connectivity index is 0.00000256. The largest absolute Gasteiger partial charge is 0.460 e. The van der Waals surface area contributed by atoms with Gasteiger partial charge in [-0.3, -0.25) is 9.59 Å². The number of allylic oxidation sites excluding steroid dienone is 1. The Morgan fingerprint density at radius 1 is 1.53 bits per heavy atom. The van der Waals surface area contributed by atoms with Crippen molar-refractivity contribution in [1.82, 2.24) is 0 Å². The van der Waals surface area contributed by atoms with Crippen LogP contribution in [0.2, 0.25) is 0 Å². The summed E-state index contributed by atoms with van der Waals surface area (Å²) in [6.45, 7) is 5.60. The second kappa shape index (κ2) is 6.74. The highest BCUT2D eigenvalue weighted by Gasteiger charge is 2.20. The highest BCUT2D eigenvalue weighted by Crippen LogP contribution is 2.32. The van der Waals surface area contributed by atoms with E-state index in [1.54, 1.807) is 20.8 Å². The first kappa shape index (κ1) is 16.1. The summed E-state index contributed by atoms with van der Waals surface area (Å²) in [5.74, 6) is 4.59. The van der Waals surface area contributed by atoms with Gasteiger partial charge in [0.05, 0.1) is 5.92 Å². The van der Waals surface area contributed by atoms with Gasteiger partial charge in [0.15, 0.2) is 5.78 Å². The number of ketones is 1. The number of carbonyl (C=O) groups is 2. The van der Waals surface area contributed by atoms with E-state index in [9.17, 15) is 9.59 Å². The van der Waals surface area contributed by atoms with Crippen molar-refractivity contribution in [2.24, 2.45) is 5.92 Å². The number of esters is 1. The normalized spacial score (nSPS) is 20.2. The van der Waals surface area contributed by atoms with Crippen LogP contribution in [0.5, 0.6) is 0 Å². The minimum atomic E-state index is -0.227. The van der Waals surface area contributed by atoms with Crippen molar-refractivity contribution in [2.45, 2.75) is 34.6 Å². The van der Waals surface area contributed by atoms with E-state index in [0.29, 0.717) is 6.42 Å². The van der Waals surface area contributed by atoms with Crippen LogP contribution in [0.15, 0.2) is 10.5 Å². The fraction of sp³-hybridized carbons (Fsp3) is 0.615. The molecule has 4 heteroatoms. The molecule has 0 amide bonds. The van der Waals surface area contributed by atoms with E-state index in [4.69, 9.17) is 4.74 Å². The maximum atomic E-state index is 11.5. The van der Waals surface area contributed by atoms with Crippen molar-refractivity contribution in [3.8, 4) is 0 Å². The Labute approximate surface area is 106 Å². The molecule has 98 valence electrons. The van der Waals surface area contributed by atoms with Crippen LogP contribution in [-0.4, -0.2) is 30.0 Å². The third-order valence-corrected chi connectivity index (χ3v) is 4.40. The quantitative estimate of drug-likeness (QED) is 0.577. The van der Waals surface area contributed by atoms with E-state index in [0.717, 1.165) is 16.2 Å². The number of ether oxygens (including phenoxy) is 1. The summed E-state index contributed by atoms with van der Waals surface area (Å²) in [4.78, 5) is 23.7. The van der Waals surface area contributed by atoms with E-state index >= 15 is 0 Å². The summed E-state index contributed by atoms with van der Waals surface area (Å²) in [6.07, 6.45) is 0.570. The summed E-state index contributed by atoms with van der Waals surface area (Å²) in [5.41, 5.74) is 0.737. The Kier molecular flexibility index (Phi) is 6.39. The lowest BCUT2D eigenvalue weighted by molar-refractivity contribution is -0.146. The molecular weight excluding hydrogens is 236 g/mol. The van der Waals surface area contributed by atoms with Crippen molar-refractivity contribution in [1.29, 1.82) is 0 Å². The molecule has 0 aliphatic carbocycles. The molecule has 1 unspecified atom stereocenters. The standard InChI is InChI=1S/C12H18O3S.CH4/c1-8(2)12(14)15-7-11-9(3)10(13)5-6-16(11)4;/h8H,4-7H2,1-3H3;1H4. The number of hydrogen-bond acceptors (Lipinski definition) is 3. The second-order valence-corrected chi connectivity index (χ2v) is 6.07. The second-order valence-electron chi connectivity index (χ2n) is 4.18. The lowest BCUT2D eigenvalue weighted by Crippen LogP contribution is -2.18. The first-order chi connectivity index (χ1) is 7.43.